The van der Waals surface area contributed by atoms with Gasteiger partial charge in [0.2, 0.25) is 10.0 Å². The Morgan fingerprint density at radius 2 is 1.60 bits per heavy atom. The van der Waals surface area contributed by atoms with E-state index in [4.69, 9.17) is 0 Å². The second-order valence-corrected chi connectivity index (χ2v) is 8.47. The molecule has 20 heavy (non-hydrogen) atoms. The summed E-state index contributed by atoms with van der Waals surface area (Å²) in [5.41, 5.74) is 1.20. The van der Waals surface area contributed by atoms with Crippen molar-refractivity contribution >= 4 is 10.0 Å². The molecule has 0 unspecified atom stereocenters. The highest BCUT2D eigenvalue weighted by Crippen LogP contribution is 2.22. The van der Waals surface area contributed by atoms with Crippen molar-refractivity contribution in [3.8, 4) is 0 Å². The first kappa shape index (κ1) is 17.2. The van der Waals surface area contributed by atoms with E-state index in [1.807, 2.05) is 26.0 Å². The molecule has 4 heteroatoms. The van der Waals surface area contributed by atoms with Gasteiger partial charge in [0.05, 0.1) is 4.90 Å². The molecule has 0 fully saturated rings. The lowest BCUT2D eigenvalue weighted by Crippen LogP contribution is -2.34. The standard InChI is InChI=1S/C16H27NO2S/c1-6-12-17(13-11-16(3,4)5)20(18,19)15-9-7-14(2)8-10-15/h7-10H,6,11-13H2,1-5H3. The molecule has 0 bridgehead atoms. The smallest absolute Gasteiger partial charge is 0.207 e. The predicted molar refractivity (Wildman–Crippen MR) is 84.3 cm³/mol. The number of hydrogen-bond acceptors (Lipinski definition) is 2. The summed E-state index contributed by atoms with van der Waals surface area (Å²) in [6.07, 6.45) is 1.69. The van der Waals surface area contributed by atoms with E-state index in [1.165, 1.54) is 0 Å². The number of nitrogens with zero attached hydrogens (tertiary/aromatic N) is 1. The first-order valence-corrected chi connectivity index (χ1v) is 8.67. The summed E-state index contributed by atoms with van der Waals surface area (Å²) >= 11 is 0. The van der Waals surface area contributed by atoms with E-state index in [0.717, 1.165) is 18.4 Å². The Bertz CT molecular complexity index is 512. The molecule has 1 rings (SSSR count). The maximum absolute atomic E-state index is 12.7. The molecule has 0 amide bonds. The van der Waals surface area contributed by atoms with Gasteiger partial charge < -0.3 is 0 Å². The van der Waals surface area contributed by atoms with Crippen LogP contribution in [0.15, 0.2) is 29.2 Å². The molecule has 0 spiro atoms. The van der Waals surface area contributed by atoms with Gasteiger partial charge in [-0.25, -0.2) is 8.42 Å². The highest BCUT2D eigenvalue weighted by Gasteiger charge is 2.25. The Balaban J connectivity index is 2.96. The minimum Gasteiger partial charge on any atom is -0.207 e. The fraction of sp³-hybridized carbons (Fsp3) is 0.625. The summed E-state index contributed by atoms with van der Waals surface area (Å²) in [5.74, 6) is 0. The Labute approximate surface area is 124 Å². The van der Waals surface area contributed by atoms with E-state index in [-0.39, 0.29) is 5.41 Å². The van der Waals surface area contributed by atoms with Crippen LogP contribution in [0, 0.1) is 12.3 Å². The highest BCUT2D eigenvalue weighted by atomic mass is 32.2. The van der Waals surface area contributed by atoms with E-state index >= 15 is 0 Å². The zero-order valence-corrected chi connectivity index (χ0v) is 14.1. The van der Waals surface area contributed by atoms with Gasteiger partial charge in [-0.2, -0.15) is 4.31 Å². The molecule has 0 heterocycles. The van der Waals surface area contributed by atoms with Crippen LogP contribution in [0.4, 0.5) is 0 Å². The second kappa shape index (κ2) is 6.72. The zero-order valence-electron chi connectivity index (χ0n) is 13.3. The van der Waals surface area contributed by atoms with Crippen molar-refractivity contribution in [1.29, 1.82) is 0 Å². The van der Waals surface area contributed by atoms with E-state index in [1.54, 1.807) is 16.4 Å². The number of rotatable bonds is 6. The largest absolute Gasteiger partial charge is 0.243 e. The Morgan fingerprint density at radius 3 is 2.05 bits per heavy atom. The van der Waals surface area contributed by atoms with E-state index in [9.17, 15) is 8.42 Å². The second-order valence-electron chi connectivity index (χ2n) is 6.53. The predicted octanol–water partition coefficient (Wildman–Crippen LogP) is 3.83. The quantitative estimate of drug-likeness (QED) is 0.800. The van der Waals surface area contributed by atoms with Gasteiger partial charge in [-0.05, 0) is 37.3 Å². The van der Waals surface area contributed by atoms with Crippen molar-refractivity contribution in [1.82, 2.24) is 4.31 Å². The van der Waals surface area contributed by atoms with Gasteiger partial charge in [-0.15, -0.1) is 0 Å². The third kappa shape index (κ3) is 4.91. The molecule has 1 aromatic rings. The molecular formula is C16H27NO2S. The molecule has 0 atom stereocenters. The van der Waals surface area contributed by atoms with Crippen LogP contribution in [0.1, 0.15) is 46.1 Å². The normalized spacial score (nSPS) is 12.9. The zero-order chi connectivity index (χ0) is 15.4. The lowest BCUT2D eigenvalue weighted by atomic mass is 9.92. The average molecular weight is 297 g/mol. The van der Waals surface area contributed by atoms with Crippen LogP contribution >= 0.6 is 0 Å². The molecule has 0 aromatic heterocycles. The summed E-state index contributed by atoms with van der Waals surface area (Å²) in [4.78, 5) is 0.394. The minimum absolute atomic E-state index is 0.134. The molecule has 0 radical (unpaired) electrons. The van der Waals surface area contributed by atoms with Gasteiger partial charge in [0.25, 0.3) is 0 Å². The number of hydrogen-bond donors (Lipinski definition) is 0. The summed E-state index contributed by atoms with van der Waals surface area (Å²) in [6.45, 7) is 11.5. The summed E-state index contributed by atoms with van der Waals surface area (Å²) < 4.78 is 27.0. The molecule has 114 valence electrons. The van der Waals surface area contributed by atoms with Gasteiger partial charge >= 0.3 is 0 Å². The molecule has 3 nitrogen and oxygen atoms in total. The third-order valence-electron chi connectivity index (χ3n) is 3.24. The van der Waals surface area contributed by atoms with Crippen molar-refractivity contribution < 1.29 is 8.42 Å². The van der Waals surface area contributed by atoms with E-state index < -0.39 is 10.0 Å². The number of benzene rings is 1. The van der Waals surface area contributed by atoms with Crippen LogP contribution in [0.2, 0.25) is 0 Å². The molecule has 0 aliphatic rings. The summed E-state index contributed by atoms with van der Waals surface area (Å²) in [6, 6.07) is 7.09. The fourth-order valence-electron chi connectivity index (χ4n) is 1.92. The van der Waals surface area contributed by atoms with Crippen molar-refractivity contribution in [2.24, 2.45) is 5.41 Å². The van der Waals surface area contributed by atoms with E-state index in [2.05, 4.69) is 20.8 Å². The molecule has 1 aromatic carbocycles. The summed E-state index contributed by atoms with van der Waals surface area (Å²) in [5, 5.41) is 0. The van der Waals surface area contributed by atoms with Crippen LogP contribution in [-0.2, 0) is 10.0 Å². The Kier molecular flexibility index (Phi) is 5.78. The van der Waals surface area contributed by atoms with Crippen LogP contribution in [0.5, 0.6) is 0 Å². The van der Waals surface area contributed by atoms with Crippen molar-refractivity contribution in [2.45, 2.75) is 52.4 Å². The SMILES string of the molecule is CCCN(CCC(C)(C)C)S(=O)(=O)c1ccc(C)cc1. The Morgan fingerprint density at radius 1 is 1.05 bits per heavy atom. The molecular weight excluding hydrogens is 270 g/mol. The van der Waals surface area contributed by atoms with Gasteiger partial charge in [-0.3, -0.25) is 0 Å². The average Bonchev–Trinajstić information content (AvgIpc) is 2.33. The Hall–Kier alpha value is -0.870. The third-order valence-corrected chi connectivity index (χ3v) is 5.16. The van der Waals surface area contributed by atoms with Crippen molar-refractivity contribution in [3.63, 3.8) is 0 Å². The lowest BCUT2D eigenvalue weighted by molar-refractivity contribution is 0.310. The number of aryl methyl sites for hydroxylation is 1. The highest BCUT2D eigenvalue weighted by molar-refractivity contribution is 7.89. The van der Waals surface area contributed by atoms with Crippen LogP contribution < -0.4 is 0 Å². The lowest BCUT2D eigenvalue weighted by Gasteiger charge is -2.26. The van der Waals surface area contributed by atoms with Gasteiger partial charge in [0, 0.05) is 13.1 Å². The van der Waals surface area contributed by atoms with Crippen LogP contribution in [0.3, 0.4) is 0 Å². The molecule has 0 saturated heterocycles. The molecule has 0 N–H and O–H groups in total. The molecule has 0 aliphatic carbocycles. The fourth-order valence-corrected chi connectivity index (χ4v) is 3.45. The van der Waals surface area contributed by atoms with Gasteiger partial charge in [0.15, 0.2) is 0 Å². The topological polar surface area (TPSA) is 37.4 Å². The minimum atomic E-state index is -3.37. The van der Waals surface area contributed by atoms with Gasteiger partial charge in [0.1, 0.15) is 0 Å². The first-order valence-electron chi connectivity index (χ1n) is 7.23. The molecule has 0 aliphatic heterocycles. The number of sulfonamides is 1. The van der Waals surface area contributed by atoms with Gasteiger partial charge in [-0.1, -0.05) is 45.4 Å². The maximum atomic E-state index is 12.7. The summed E-state index contributed by atoms with van der Waals surface area (Å²) in [7, 11) is -3.37. The first-order chi connectivity index (χ1) is 9.16. The maximum Gasteiger partial charge on any atom is 0.243 e. The van der Waals surface area contributed by atoms with E-state index in [0.29, 0.717) is 18.0 Å². The molecule has 0 saturated carbocycles. The van der Waals surface area contributed by atoms with Crippen LogP contribution in [-0.4, -0.2) is 25.8 Å². The van der Waals surface area contributed by atoms with Crippen LogP contribution in [0.25, 0.3) is 0 Å². The van der Waals surface area contributed by atoms with Crippen molar-refractivity contribution in [2.75, 3.05) is 13.1 Å². The monoisotopic (exact) mass is 297 g/mol. The van der Waals surface area contributed by atoms with Crippen molar-refractivity contribution in [3.05, 3.63) is 29.8 Å².